The molecule has 9 nitrogen and oxygen atoms in total. The van der Waals surface area contributed by atoms with Crippen LogP contribution in [0.25, 0.3) is 0 Å². The van der Waals surface area contributed by atoms with Gasteiger partial charge < -0.3 is 8.37 Å². The van der Waals surface area contributed by atoms with Crippen LogP contribution in [0.3, 0.4) is 0 Å². The zero-order valence-electron chi connectivity index (χ0n) is 21.8. The van der Waals surface area contributed by atoms with Crippen molar-refractivity contribution in [3.63, 3.8) is 0 Å². The minimum Gasteiger partial charge on any atom is -0.383 e. The second-order valence-corrected chi connectivity index (χ2v) is 15.1. The first-order chi connectivity index (χ1) is 17.7. The molecule has 0 aliphatic heterocycles. The van der Waals surface area contributed by atoms with Crippen LogP contribution >= 0.6 is 0 Å². The molecular weight excluding hydrogens is 552 g/mol. The summed E-state index contributed by atoms with van der Waals surface area (Å²) < 4.78 is 85.0. The SMILES string of the molecule is CS(=O)(=O)OCCCc1cc2c(cc1OS(C)(=O)=O)C1CCCCC1C(c1ccc(OS(C)(=O)=O)cc1)C2. The van der Waals surface area contributed by atoms with Crippen LogP contribution in [0.1, 0.15) is 66.2 Å². The van der Waals surface area contributed by atoms with Crippen molar-refractivity contribution in [1.29, 1.82) is 0 Å². The van der Waals surface area contributed by atoms with Gasteiger partial charge in [-0.25, -0.2) is 0 Å². The largest absolute Gasteiger partial charge is 0.383 e. The Kier molecular flexibility index (Phi) is 8.46. The number of fused-ring (bicyclic) bond motifs is 3. The number of hydrogen-bond donors (Lipinski definition) is 0. The number of hydrogen-bond acceptors (Lipinski definition) is 9. The van der Waals surface area contributed by atoms with Crippen molar-refractivity contribution >= 4 is 30.4 Å². The van der Waals surface area contributed by atoms with E-state index in [1.165, 1.54) is 0 Å². The lowest BCUT2D eigenvalue weighted by Gasteiger charge is -2.43. The molecule has 4 rings (SSSR count). The van der Waals surface area contributed by atoms with Crippen LogP contribution in [0, 0.1) is 5.92 Å². The minimum atomic E-state index is -3.76. The zero-order valence-corrected chi connectivity index (χ0v) is 24.2. The molecule has 1 saturated carbocycles. The van der Waals surface area contributed by atoms with Crippen molar-refractivity contribution in [2.24, 2.45) is 5.92 Å². The molecule has 12 heteroatoms. The molecule has 0 heterocycles. The minimum absolute atomic E-state index is 0.0105. The van der Waals surface area contributed by atoms with E-state index in [0.717, 1.165) is 67.6 Å². The molecular formula is C26H34O9S3. The highest BCUT2D eigenvalue weighted by atomic mass is 32.2. The van der Waals surface area contributed by atoms with E-state index in [9.17, 15) is 25.3 Å². The van der Waals surface area contributed by atoms with E-state index in [1.54, 1.807) is 12.1 Å². The molecule has 2 aliphatic rings. The first kappa shape index (κ1) is 28.8. The van der Waals surface area contributed by atoms with Crippen molar-refractivity contribution in [2.45, 2.75) is 56.8 Å². The van der Waals surface area contributed by atoms with Crippen LogP contribution in [0.15, 0.2) is 36.4 Å². The van der Waals surface area contributed by atoms with Crippen LogP contribution in [0.2, 0.25) is 0 Å². The van der Waals surface area contributed by atoms with E-state index >= 15 is 0 Å². The summed E-state index contributed by atoms with van der Waals surface area (Å²) in [6.45, 7) is -0.0105. The lowest BCUT2D eigenvalue weighted by molar-refractivity contribution is 0.243. The molecule has 210 valence electrons. The van der Waals surface area contributed by atoms with Gasteiger partial charge in [0.1, 0.15) is 11.5 Å². The van der Waals surface area contributed by atoms with Crippen molar-refractivity contribution in [2.75, 3.05) is 25.4 Å². The second kappa shape index (κ2) is 11.1. The van der Waals surface area contributed by atoms with Gasteiger partial charge in [-0.3, -0.25) is 4.18 Å². The van der Waals surface area contributed by atoms with Gasteiger partial charge in [0.15, 0.2) is 0 Å². The summed E-state index contributed by atoms with van der Waals surface area (Å²) in [5.41, 5.74) is 4.02. The van der Waals surface area contributed by atoms with Gasteiger partial charge in [0.2, 0.25) is 0 Å². The van der Waals surface area contributed by atoms with Crippen molar-refractivity contribution in [3.05, 3.63) is 58.7 Å². The average Bonchev–Trinajstić information content (AvgIpc) is 2.80. The Hall–Kier alpha value is -2.15. The van der Waals surface area contributed by atoms with Crippen molar-refractivity contribution < 1.29 is 37.8 Å². The molecule has 0 radical (unpaired) electrons. The van der Waals surface area contributed by atoms with E-state index in [-0.39, 0.29) is 29.9 Å². The molecule has 2 aliphatic carbocycles. The molecule has 0 amide bonds. The van der Waals surface area contributed by atoms with E-state index in [2.05, 4.69) is 0 Å². The Morgan fingerprint density at radius 2 is 1.45 bits per heavy atom. The molecule has 3 atom stereocenters. The Morgan fingerprint density at radius 1 is 0.789 bits per heavy atom. The van der Waals surface area contributed by atoms with Gasteiger partial charge in [0.25, 0.3) is 10.1 Å². The molecule has 0 aromatic heterocycles. The molecule has 1 fully saturated rings. The van der Waals surface area contributed by atoms with Gasteiger partial charge in [0.05, 0.1) is 25.4 Å². The van der Waals surface area contributed by atoms with E-state index in [0.29, 0.717) is 24.3 Å². The van der Waals surface area contributed by atoms with Crippen molar-refractivity contribution in [3.8, 4) is 11.5 Å². The maximum Gasteiger partial charge on any atom is 0.306 e. The summed E-state index contributed by atoms with van der Waals surface area (Å²) >= 11 is 0. The van der Waals surface area contributed by atoms with Crippen LogP contribution in [-0.2, 0) is 47.4 Å². The Labute approximate surface area is 225 Å². The average molecular weight is 587 g/mol. The van der Waals surface area contributed by atoms with Gasteiger partial charge in [-0.2, -0.15) is 25.3 Å². The molecule has 2 aromatic rings. The normalized spacial score (nSPS) is 21.8. The number of rotatable bonds is 10. The summed E-state index contributed by atoms with van der Waals surface area (Å²) in [4.78, 5) is 0. The Balaban J connectivity index is 1.67. The fourth-order valence-corrected chi connectivity index (χ4v) is 7.21. The molecule has 0 spiro atoms. The first-order valence-electron chi connectivity index (χ1n) is 12.6. The Bertz CT molecular complexity index is 1480. The lowest BCUT2D eigenvalue weighted by Crippen LogP contribution is -2.31. The maximum atomic E-state index is 12.0. The van der Waals surface area contributed by atoms with Gasteiger partial charge in [-0.1, -0.05) is 31.0 Å². The standard InChI is InChI=1S/C26H34O9S3/c1-36(27,28)33-14-6-7-19-15-20-16-24(18-10-12-21(13-11-18)34-37(2,29)30)22-8-4-5-9-23(22)25(20)17-26(19)35-38(3,31)32/h10-13,15,17,22-24H,4-9,14,16H2,1-3H3. The van der Waals surface area contributed by atoms with Crippen LogP contribution in [0.5, 0.6) is 11.5 Å². The van der Waals surface area contributed by atoms with E-state index in [1.807, 2.05) is 24.3 Å². The summed E-state index contributed by atoms with van der Waals surface area (Å²) in [5.74, 6) is 1.37. The van der Waals surface area contributed by atoms with Gasteiger partial charge in [0, 0.05) is 0 Å². The summed E-state index contributed by atoms with van der Waals surface area (Å²) in [5, 5.41) is 0. The summed E-state index contributed by atoms with van der Waals surface area (Å²) in [7, 11) is -10.9. The third-order valence-electron chi connectivity index (χ3n) is 7.18. The molecule has 0 N–H and O–H groups in total. The molecule has 2 aromatic carbocycles. The summed E-state index contributed by atoms with van der Waals surface area (Å²) in [6, 6.07) is 11.1. The quantitative estimate of drug-likeness (QED) is 0.301. The third-order valence-corrected chi connectivity index (χ3v) is 8.76. The lowest BCUT2D eigenvalue weighted by atomic mass is 9.61. The van der Waals surface area contributed by atoms with Crippen molar-refractivity contribution in [1.82, 2.24) is 0 Å². The van der Waals surface area contributed by atoms with Crippen LogP contribution < -0.4 is 8.37 Å². The number of aryl methyl sites for hydroxylation is 1. The van der Waals surface area contributed by atoms with Crippen LogP contribution in [0.4, 0.5) is 0 Å². The number of benzene rings is 2. The molecule has 0 saturated heterocycles. The second-order valence-electron chi connectivity index (χ2n) is 10.3. The molecule has 38 heavy (non-hydrogen) atoms. The van der Waals surface area contributed by atoms with Gasteiger partial charge in [-0.15, -0.1) is 0 Å². The fourth-order valence-electron chi connectivity index (χ4n) is 5.85. The zero-order chi connectivity index (χ0) is 27.7. The molecule has 3 unspecified atom stereocenters. The van der Waals surface area contributed by atoms with E-state index < -0.39 is 30.4 Å². The molecule has 0 bridgehead atoms. The van der Waals surface area contributed by atoms with Crippen LogP contribution in [-0.4, -0.2) is 50.6 Å². The highest BCUT2D eigenvalue weighted by molar-refractivity contribution is 7.86. The highest BCUT2D eigenvalue weighted by Gasteiger charge is 2.39. The predicted molar refractivity (Wildman–Crippen MR) is 144 cm³/mol. The third kappa shape index (κ3) is 7.71. The smallest absolute Gasteiger partial charge is 0.306 e. The first-order valence-corrected chi connectivity index (χ1v) is 18.0. The fraction of sp³-hybridized carbons (Fsp3) is 0.538. The van der Waals surface area contributed by atoms with E-state index in [4.69, 9.17) is 12.5 Å². The topological polar surface area (TPSA) is 130 Å². The van der Waals surface area contributed by atoms with Gasteiger partial charge in [-0.05, 0) is 90.3 Å². The highest BCUT2D eigenvalue weighted by Crippen LogP contribution is 2.52. The monoisotopic (exact) mass is 586 g/mol. The predicted octanol–water partition coefficient (Wildman–Crippen LogP) is 3.89. The summed E-state index contributed by atoms with van der Waals surface area (Å²) in [6.07, 6.45) is 8.77. The van der Waals surface area contributed by atoms with Gasteiger partial charge >= 0.3 is 20.2 Å². The Morgan fingerprint density at radius 3 is 2.08 bits per heavy atom. The maximum absolute atomic E-state index is 12.0.